The molecule has 0 saturated heterocycles. The van der Waals surface area contributed by atoms with Gasteiger partial charge in [0.2, 0.25) is 5.16 Å². The molecule has 0 aliphatic heterocycles. The van der Waals surface area contributed by atoms with Crippen LogP contribution in [0.5, 0.6) is 0 Å². The van der Waals surface area contributed by atoms with E-state index in [4.69, 9.17) is 4.42 Å². The second-order valence-corrected chi connectivity index (χ2v) is 7.59. The number of carbonyl (C=O) groups is 1. The molecule has 2 N–H and O–H groups in total. The van der Waals surface area contributed by atoms with Crippen molar-refractivity contribution in [3.05, 3.63) is 77.1 Å². The largest absolute Gasteiger partial charge is 0.467 e. The van der Waals surface area contributed by atoms with Gasteiger partial charge in [-0.2, -0.15) is 0 Å². The van der Waals surface area contributed by atoms with Crippen molar-refractivity contribution in [2.75, 3.05) is 0 Å². The molecule has 4 aromatic rings. The lowest BCUT2D eigenvalue weighted by molar-refractivity contribution is 0.0948. The molecule has 3 heterocycles. The van der Waals surface area contributed by atoms with E-state index in [9.17, 15) is 4.79 Å². The molecule has 1 aromatic carbocycles. The molecule has 8 heteroatoms. The maximum Gasteiger partial charge on any atom is 0.251 e. The molecule has 0 unspecified atom stereocenters. The van der Waals surface area contributed by atoms with Crippen molar-refractivity contribution in [3.63, 3.8) is 0 Å². The number of hydrogen-bond acceptors (Lipinski definition) is 6. The lowest BCUT2D eigenvalue weighted by atomic mass is 10.1. The number of nitrogens with one attached hydrogen (secondary N) is 2. The third kappa shape index (κ3) is 4.47. The number of hydrogen-bond donors (Lipinski definition) is 2. The van der Waals surface area contributed by atoms with Gasteiger partial charge in [-0.1, -0.05) is 30.0 Å². The number of thioether (sulfide) groups is 1. The van der Waals surface area contributed by atoms with E-state index in [1.54, 1.807) is 29.7 Å². The van der Waals surface area contributed by atoms with Crippen LogP contribution in [-0.4, -0.2) is 21.1 Å². The first-order valence-corrected chi connectivity index (χ1v) is 10.1. The second-order valence-electron chi connectivity index (χ2n) is 5.69. The Balaban J connectivity index is 1.35. The van der Waals surface area contributed by atoms with Gasteiger partial charge in [0.25, 0.3) is 5.91 Å². The molecule has 1 amide bonds. The number of furan rings is 1. The predicted molar refractivity (Wildman–Crippen MR) is 106 cm³/mol. The molecule has 0 radical (unpaired) electrons. The van der Waals surface area contributed by atoms with Crippen molar-refractivity contribution >= 4 is 29.0 Å². The number of aromatic amines is 1. The number of H-pyrrole nitrogens is 1. The molecule has 0 atom stereocenters. The summed E-state index contributed by atoms with van der Waals surface area (Å²) in [5.41, 5.74) is 1.65. The van der Waals surface area contributed by atoms with Gasteiger partial charge in [0.05, 0.1) is 17.7 Å². The van der Waals surface area contributed by atoms with E-state index < -0.39 is 0 Å². The minimum atomic E-state index is -0.129. The molecule has 0 saturated carbocycles. The summed E-state index contributed by atoms with van der Waals surface area (Å²) < 4.78 is 5.23. The molecule has 3 aromatic heterocycles. The van der Waals surface area contributed by atoms with Crippen molar-refractivity contribution in [1.82, 2.24) is 20.5 Å². The Morgan fingerprint density at radius 1 is 1.22 bits per heavy atom. The van der Waals surface area contributed by atoms with Crippen LogP contribution in [0.2, 0.25) is 0 Å². The van der Waals surface area contributed by atoms with E-state index in [0.717, 1.165) is 22.0 Å². The molecule has 27 heavy (non-hydrogen) atoms. The fourth-order valence-corrected chi connectivity index (χ4v) is 3.87. The van der Waals surface area contributed by atoms with Gasteiger partial charge < -0.3 is 9.73 Å². The quantitative estimate of drug-likeness (QED) is 0.454. The molecular formula is C19H16N4O2S2. The molecule has 0 bridgehead atoms. The van der Waals surface area contributed by atoms with E-state index >= 15 is 0 Å². The van der Waals surface area contributed by atoms with Gasteiger partial charge in [0, 0.05) is 11.3 Å². The minimum Gasteiger partial charge on any atom is -0.467 e. The summed E-state index contributed by atoms with van der Waals surface area (Å²) in [6.45, 7) is 0.369. The van der Waals surface area contributed by atoms with Crippen LogP contribution in [0.3, 0.4) is 0 Å². The zero-order chi connectivity index (χ0) is 18.5. The second kappa shape index (κ2) is 8.24. The monoisotopic (exact) mass is 396 g/mol. The summed E-state index contributed by atoms with van der Waals surface area (Å²) in [6.07, 6.45) is 1.59. The Morgan fingerprint density at radius 3 is 3.00 bits per heavy atom. The number of nitrogens with zero attached hydrogens (tertiary/aromatic N) is 2. The Labute approximate surface area is 164 Å². The average molecular weight is 396 g/mol. The van der Waals surface area contributed by atoms with Gasteiger partial charge in [-0.05, 0) is 41.3 Å². The van der Waals surface area contributed by atoms with Crippen molar-refractivity contribution in [2.45, 2.75) is 17.5 Å². The van der Waals surface area contributed by atoms with Gasteiger partial charge in [0.15, 0.2) is 5.82 Å². The van der Waals surface area contributed by atoms with E-state index in [1.807, 2.05) is 41.8 Å². The van der Waals surface area contributed by atoms with E-state index in [2.05, 4.69) is 20.5 Å². The Kier molecular flexibility index (Phi) is 5.36. The topological polar surface area (TPSA) is 83.8 Å². The number of rotatable bonds is 7. The molecule has 0 aliphatic rings. The Bertz CT molecular complexity index is 1010. The highest BCUT2D eigenvalue weighted by molar-refractivity contribution is 7.98. The lowest BCUT2D eigenvalue weighted by Crippen LogP contribution is -2.22. The van der Waals surface area contributed by atoms with Gasteiger partial charge in [0.1, 0.15) is 5.76 Å². The van der Waals surface area contributed by atoms with Crippen LogP contribution < -0.4 is 5.32 Å². The molecule has 0 spiro atoms. The normalized spacial score (nSPS) is 10.8. The van der Waals surface area contributed by atoms with Gasteiger partial charge in [-0.15, -0.1) is 16.4 Å². The minimum absolute atomic E-state index is 0.129. The molecule has 4 rings (SSSR count). The third-order valence-corrected chi connectivity index (χ3v) is 5.57. The molecular weight excluding hydrogens is 380 g/mol. The fourth-order valence-electron chi connectivity index (χ4n) is 2.47. The summed E-state index contributed by atoms with van der Waals surface area (Å²) in [4.78, 5) is 17.9. The van der Waals surface area contributed by atoms with Crippen molar-refractivity contribution in [1.29, 1.82) is 0 Å². The highest BCUT2D eigenvalue weighted by Gasteiger charge is 2.10. The van der Waals surface area contributed by atoms with Crippen LogP contribution in [0.25, 0.3) is 10.7 Å². The first-order valence-electron chi connectivity index (χ1n) is 8.26. The summed E-state index contributed by atoms with van der Waals surface area (Å²) in [6, 6.07) is 15.2. The van der Waals surface area contributed by atoms with E-state index in [0.29, 0.717) is 23.0 Å². The molecule has 6 nitrogen and oxygen atoms in total. The fraction of sp³-hybridized carbons (Fsp3) is 0.105. The van der Waals surface area contributed by atoms with Crippen molar-refractivity contribution in [3.8, 4) is 10.7 Å². The average Bonchev–Trinajstić information content (AvgIpc) is 3.47. The summed E-state index contributed by atoms with van der Waals surface area (Å²) in [7, 11) is 0. The van der Waals surface area contributed by atoms with Crippen LogP contribution in [0.15, 0.2) is 69.7 Å². The summed E-state index contributed by atoms with van der Waals surface area (Å²) in [5, 5.41) is 12.8. The van der Waals surface area contributed by atoms with Gasteiger partial charge in [-0.25, -0.2) is 4.98 Å². The van der Waals surface area contributed by atoms with Crippen LogP contribution >= 0.6 is 23.1 Å². The SMILES string of the molecule is O=C(NCc1ccco1)c1cccc(CSc2n[nH]c(-c3cccs3)n2)c1. The highest BCUT2D eigenvalue weighted by atomic mass is 32.2. The Morgan fingerprint density at radius 2 is 2.19 bits per heavy atom. The number of benzene rings is 1. The van der Waals surface area contributed by atoms with Crippen LogP contribution in [0.4, 0.5) is 0 Å². The first kappa shape index (κ1) is 17.6. The molecule has 0 fully saturated rings. The summed E-state index contributed by atoms with van der Waals surface area (Å²) >= 11 is 3.15. The zero-order valence-electron chi connectivity index (χ0n) is 14.2. The summed E-state index contributed by atoms with van der Waals surface area (Å²) in [5.74, 6) is 2.05. The highest BCUT2D eigenvalue weighted by Crippen LogP contribution is 2.25. The molecule has 0 aliphatic carbocycles. The number of thiophene rings is 1. The number of aromatic nitrogens is 3. The molecule has 136 valence electrons. The lowest BCUT2D eigenvalue weighted by Gasteiger charge is -2.05. The van der Waals surface area contributed by atoms with Gasteiger partial charge >= 0.3 is 0 Å². The number of carbonyl (C=O) groups excluding carboxylic acids is 1. The van der Waals surface area contributed by atoms with E-state index in [-0.39, 0.29) is 5.91 Å². The Hall–Kier alpha value is -2.84. The zero-order valence-corrected chi connectivity index (χ0v) is 15.8. The van der Waals surface area contributed by atoms with Crippen molar-refractivity contribution < 1.29 is 9.21 Å². The number of amides is 1. The predicted octanol–water partition coefficient (Wildman–Crippen LogP) is 4.35. The maximum atomic E-state index is 12.3. The maximum absolute atomic E-state index is 12.3. The first-order chi connectivity index (χ1) is 13.3. The smallest absolute Gasteiger partial charge is 0.251 e. The van der Waals surface area contributed by atoms with Crippen LogP contribution in [0.1, 0.15) is 21.7 Å². The van der Waals surface area contributed by atoms with Crippen molar-refractivity contribution in [2.24, 2.45) is 0 Å². The third-order valence-electron chi connectivity index (χ3n) is 3.78. The van der Waals surface area contributed by atoms with Gasteiger partial charge in [-0.3, -0.25) is 9.89 Å². The standard InChI is InChI=1S/C19H16N4O2S2/c24-18(20-11-15-6-2-8-25-15)14-5-1-4-13(10-14)12-27-19-21-17(22-23-19)16-7-3-9-26-16/h1-10H,11-12H2,(H,20,24)(H,21,22,23). The van der Waals surface area contributed by atoms with Crippen LogP contribution in [-0.2, 0) is 12.3 Å². The van der Waals surface area contributed by atoms with E-state index in [1.165, 1.54) is 11.8 Å². The van der Waals surface area contributed by atoms with Crippen LogP contribution in [0, 0.1) is 0 Å².